The van der Waals surface area contributed by atoms with E-state index in [4.69, 9.17) is 23.7 Å². The van der Waals surface area contributed by atoms with Gasteiger partial charge < -0.3 is 29.0 Å². The Labute approximate surface area is 263 Å². The van der Waals surface area contributed by atoms with Gasteiger partial charge in [-0.1, -0.05) is 132 Å². The average molecular weight is 610 g/mol. The van der Waals surface area contributed by atoms with Gasteiger partial charge in [0.25, 0.3) is 0 Å². The van der Waals surface area contributed by atoms with Crippen molar-refractivity contribution in [1.29, 1.82) is 0 Å². The Morgan fingerprint density at radius 1 is 0.818 bits per heavy atom. The van der Waals surface area contributed by atoms with Crippen molar-refractivity contribution in [3.63, 3.8) is 0 Å². The van der Waals surface area contributed by atoms with E-state index in [1.54, 1.807) is 0 Å². The topological polar surface area (TPSA) is 92.3 Å². The molecule has 2 aliphatic heterocycles. The number of carbonyl (C=O) groups excluding carboxylic acids is 2. The highest BCUT2D eigenvalue weighted by molar-refractivity contribution is 5.73. The lowest BCUT2D eigenvalue weighted by atomic mass is 9.95. The molecule has 2 aliphatic rings. The predicted molar refractivity (Wildman–Crippen MR) is 168 cm³/mol. The van der Waals surface area contributed by atoms with Crippen molar-refractivity contribution in [2.45, 2.75) is 134 Å². The first-order chi connectivity index (χ1) is 21.5. The Bertz CT molecular complexity index is 1100. The van der Waals surface area contributed by atoms with E-state index in [1.807, 2.05) is 60.7 Å². The molecule has 6 atom stereocenters. The molecule has 1 amide bonds. The number of carbonyl (C=O) groups is 2. The molecule has 242 valence electrons. The van der Waals surface area contributed by atoms with Gasteiger partial charge in [0.1, 0.15) is 18.2 Å². The maximum absolute atomic E-state index is 13.2. The van der Waals surface area contributed by atoms with Gasteiger partial charge in [-0.3, -0.25) is 9.59 Å². The summed E-state index contributed by atoms with van der Waals surface area (Å²) in [7, 11) is 0. The Balaban J connectivity index is 1.36. The summed E-state index contributed by atoms with van der Waals surface area (Å²) in [6, 6.07) is 18.6. The number of unbranched alkanes of at least 4 members (excludes halogenated alkanes) is 10. The number of rotatable bonds is 18. The van der Waals surface area contributed by atoms with Crippen LogP contribution in [0.2, 0.25) is 0 Å². The fraction of sp³-hybridized carbons (Fsp3) is 0.611. The number of fused-ring (bicyclic) bond motifs is 1. The first-order valence-corrected chi connectivity index (χ1v) is 16.6. The normalized spacial score (nSPS) is 24.8. The summed E-state index contributed by atoms with van der Waals surface area (Å²) >= 11 is 0. The molecule has 2 heterocycles. The summed E-state index contributed by atoms with van der Waals surface area (Å²) in [5.41, 5.74) is 1.82. The van der Waals surface area contributed by atoms with Crippen LogP contribution in [-0.4, -0.2) is 49.1 Å². The molecule has 4 rings (SSSR count). The van der Waals surface area contributed by atoms with E-state index in [0.717, 1.165) is 30.4 Å². The van der Waals surface area contributed by atoms with Gasteiger partial charge in [-0.15, -0.1) is 0 Å². The maximum atomic E-state index is 13.2. The SMILES string of the molecule is CCCCCCCCCCCCCC(=O)O[C@H]1[C@H](NC(C)=O)[C@H](OCc2ccccc2)O[C@@H]2CO[C@@H](c3ccccc3)O[C@@H]12. The molecule has 2 saturated heterocycles. The van der Waals surface area contributed by atoms with Crippen molar-refractivity contribution < 1.29 is 33.3 Å². The van der Waals surface area contributed by atoms with Gasteiger partial charge in [0.05, 0.1) is 13.2 Å². The molecule has 0 saturated carbocycles. The second-order valence-corrected chi connectivity index (χ2v) is 12.0. The number of esters is 1. The fourth-order valence-corrected chi connectivity index (χ4v) is 5.92. The molecule has 8 nitrogen and oxygen atoms in total. The number of nitrogens with one attached hydrogen (secondary N) is 1. The second kappa shape index (κ2) is 18.9. The third-order valence-corrected chi connectivity index (χ3v) is 8.29. The average Bonchev–Trinajstić information content (AvgIpc) is 3.04. The summed E-state index contributed by atoms with van der Waals surface area (Å²) in [6.07, 6.45) is 10.1. The van der Waals surface area contributed by atoms with Crippen molar-refractivity contribution in [3.05, 3.63) is 71.8 Å². The molecule has 0 aliphatic carbocycles. The number of amides is 1. The van der Waals surface area contributed by atoms with Crippen LogP contribution in [0, 0.1) is 0 Å². The zero-order valence-electron chi connectivity index (χ0n) is 26.5. The highest BCUT2D eigenvalue weighted by Crippen LogP contribution is 2.36. The zero-order chi connectivity index (χ0) is 31.0. The Kier molecular flexibility index (Phi) is 14.6. The lowest BCUT2D eigenvalue weighted by Gasteiger charge is -2.48. The molecule has 0 unspecified atom stereocenters. The summed E-state index contributed by atoms with van der Waals surface area (Å²) in [5, 5.41) is 2.94. The molecule has 0 radical (unpaired) electrons. The highest BCUT2D eigenvalue weighted by atomic mass is 16.8. The van der Waals surface area contributed by atoms with E-state index >= 15 is 0 Å². The molecule has 0 bridgehead atoms. The van der Waals surface area contributed by atoms with Crippen molar-refractivity contribution in [2.24, 2.45) is 0 Å². The quantitative estimate of drug-likeness (QED) is 0.142. The number of hydrogen-bond donors (Lipinski definition) is 1. The van der Waals surface area contributed by atoms with Crippen molar-refractivity contribution >= 4 is 11.9 Å². The molecular weight excluding hydrogens is 558 g/mol. The minimum atomic E-state index is -0.861. The number of hydrogen-bond acceptors (Lipinski definition) is 7. The van der Waals surface area contributed by atoms with Gasteiger partial charge in [-0.25, -0.2) is 0 Å². The predicted octanol–water partition coefficient (Wildman–Crippen LogP) is 7.16. The third-order valence-electron chi connectivity index (χ3n) is 8.29. The summed E-state index contributed by atoms with van der Waals surface area (Å²) < 4.78 is 31.1. The van der Waals surface area contributed by atoms with Crippen LogP contribution < -0.4 is 5.32 Å². The molecule has 2 fully saturated rings. The Morgan fingerprint density at radius 3 is 2.07 bits per heavy atom. The first-order valence-electron chi connectivity index (χ1n) is 16.6. The molecule has 2 aromatic carbocycles. The first kappa shape index (κ1) is 34.1. The van der Waals surface area contributed by atoms with Crippen LogP contribution in [0.3, 0.4) is 0 Å². The van der Waals surface area contributed by atoms with E-state index in [1.165, 1.54) is 58.3 Å². The second-order valence-electron chi connectivity index (χ2n) is 12.0. The van der Waals surface area contributed by atoms with Crippen LogP contribution in [0.5, 0.6) is 0 Å². The largest absolute Gasteiger partial charge is 0.457 e. The van der Waals surface area contributed by atoms with Crippen molar-refractivity contribution in [3.8, 4) is 0 Å². The van der Waals surface area contributed by atoms with E-state index in [9.17, 15) is 9.59 Å². The highest BCUT2D eigenvalue weighted by Gasteiger charge is 2.52. The number of benzene rings is 2. The van der Waals surface area contributed by atoms with Crippen LogP contribution in [0.25, 0.3) is 0 Å². The van der Waals surface area contributed by atoms with Gasteiger partial charge in [0.2, 0.25) is 5.91 Å². The molecule has 0 spiro atoms. The molecule has 2 aromatic rings. The minimum Gasteiger partial charge on any atom is -0.457 e. The van der Waals surface area contributed by atoms with Gasteiger partial charge >= 0.3 is 5.97 Å². The van der Waals surface area contributed by atoms with Crippen molar-refractivity contribution in [2.75, 3.05) is 6.61 Å². The summed E-state index contributed by atoms with van der Waals surface area (Å²) in [5.74, 6) is -0.585. The molecule has 8 heteroatoms. The Morgan fingerprint density at radius 2 is 1.43 bits per heavy atom. The number of ether oxygens (including phenoxy) is 5. The fourth-order valence-electron chi connectivity index (χ4n) is 5.92. The van der Waals surface area contributed by atoms with E-state index in [2.05, 4.69) is 12.2 Å². The summed E-state index contributed by atoms with van der Waals surface area (Å²) in [6.45, 7) is 4.18. The summed E-state index contributed by atoms with van der Waals surface area (Å²) in [4.78, 5) is 25.6. The smallest absolute Gasteiger partial charge is 0.306 e. The lowest BCUT2D eigenvalue weighted by Crippen LogP contribution is -2.67. The lowest BCUT2D eigenvalue weighted by molar-refractivity contribution is -0.346. The molecule has 44 heavy (non-hydrogen) atoms. The van der Waals surface area contributed by atoms with E-state index < -0.39 is 36.9 Å². The van der Waals surface area contributed by atoms with Crippen LogP contribution >= 0.6 is 0 Å². The van der Waals surface area contributed by atoms with Crippen LogP contribution in [0.1, 0.15) is 108 Å². The van der Waals surface area contributed by atoms with Crippen LogP contribution in [0.15, 0.2) is 60.7 Å². The monoisotopic (exact) mass is 609 g/mol. The standard InChI is InChI=1S/C36H51NO7/c1-3-4-5-6-7-8-9-10-11-12-19-24-31(39)43-34-32(37-27(2)38)36(40-25-28-20-15-13-16-21-28)42-30-26-41-35(44-33(30)34)29-22-17-14-18-23-29/h13-18,20-23,30,32-36H,3-12,19,24-26H2,1-2H3,(H,37,38)/t30-,32+,33-,34+,35-,36-/m1/s1. The van der Waals surface area contributed by atoms with Gasteiger partial charge in [-0.05, 0) is 12.0 Å². The van der Waals surface area contributed by atoms with Gasteiger partial charge in [0, 0.05) is 18.9 Å². The van der Waals surface area contributed by atoms with E-state index in [-0.39, 0.29) is 25.1 Å². The Hall–Kier alpha value is -2.78. The molecule has 1 N–H and O–H groups in total. The van der Waals surface area contributed by atoms with Crippen LogP contribution in [0.4, 0.5) is 0 Å². The zero-order valence-corrected chi connectivity index (χ0v) is 26.5. The van der Waals surface area contributed by atoms with Crippen LogP contribution in [-0.2, 0) is 39.9 Å². The van der Waals surface area contributed by atoms with Crippen molar-refractivity contribution in [1.82, 2.24) is 5.32 Å². The van der Waals surface area contributed by atoms with Gasteiger partial charge in [-0.2, -0.15) is 0 Å². The van der Waals surface area contributed by atoms with Gasteiger partial charge in [0.15, 0.2) is 18.7 Å². The molecular formula is C36H51NO7. The maximum Gasteiger partial charge on any atom is 0.306 e. The third kappa shape index (κ3) is 11.0. The van der Waals surface area contributed by atoms with E-state index in [0.29, 0.717) is 6.42 Å². The minimum absolute atomic E-state index is 0.231. The molecule has 0 aromatic heterocycles.